The Morgan fingerprint density at radius 2 is 1.50 bits per heavy atom. The summed E-state index contributed by atoms with van der Waals surface area (Å²) in [6.45, 7) is 6.36. The van der Waals surface area contributed by atoms with Gasteiger partial charge >= 0.3 is 0 Å². The van der Waals surface area contributed by atoms with E-state index in [9.17, 15) is 13.2 Å². The fourth-order valence-electron chi connectivity index (χ4n) is 2.98. The Bertz CT molecular complexity index is 1140. The number of rotatable bonds is 6. The van der Waals surface area contributed by atoms with Gasteiger partial charge in [0.2, 0.25) is 0 Å². The van der Waals surface area contributed by atoms with E-state index < -0.39 is 10.0 Å². The van der Waals surface area contributed by atoms with Crippen LogP contribution in [0.4, 0.5) is 5.69 Å². The third kappa shape index (κ3) is 5.12. The van der Waals surface area contributed by atoms with Crippen LogP contribution in [0.1, 0.15) is 42.3 Å². The zero-order chi connectivity index (χ0) is 21.9. The van der Waals surface area contributed by atoms with Crippen molar-refractivity contribution < 1.29 is 13.2 Å². The Hall–Kier alpha value is -2.57. The highest BCUT2D eigenvalue weighted by atomic mass is 32.2. The van der Waals surface area contributed by atoms with Gasteiger partial charge in [-0.25, -0.2) is 8.42 Å². The second-order valence-electron chi connectivity index (χ2n) is 8.02. The topological polar surface area (TPSA) is 63.2 Å². The van der Waals surface area contributed by atoms with Crippen molar-refractivity contribution in [1.82, 2.24) is 0 Å². The molecule has 0 saturated heterocycles. The van der Waals surface area contributed by atoms with E-state index >= 15 is 0 Å². The quantitative estimate of drug-likeness (QED) is 0.393. The van der Waals surface area contributed by atoms with Gasteiger partial charge in [-0.15, -0.1) is 11.8 Å². The van der Waals surface area contributed by atoms with Gasteiger partial charge in [-0.2, -0.15) is 0 Å². The molecule has 0 unspecified atom stereocenters. The first-order valence-electron chi connectivity index (χ1n) is 9.52. The maximum absolute atomic E-state index is 12.9. The largest absolute Gasteiger partial charge is 0.289 e. The molecule has 156 valence electrons. The molecule has 1 N–H and O–H groups in total. The van der Waals surface area contributed by atoms with Crippen LogP contribution in [0.3, 0.4) is 0 Å². The van der Waals surface area contributed by atoms with Gasteiger partial charge in [0.05, 0.1) is 4.90 Å². The van der Waals surface area contributed by atoms with E-state index in [4.69, 9.17) is 0 Å². The average molecular weight is 440 g/mol. The predicted octanol–water partition coefficient (Wildman–Crippen LogP) is 5.74. The Balaban J connectivity index is 1.82. The molecule has 0 amide bonds. The second kappa shape index (κ2) is 8.66. The zero-order valence-corrected chi connectivity index (χ0v) is 19.1. The third-order valence-corrected chi connectivity index (χ3v) is 6.90. The molecule has 0 bridgehead atoms. The SMILES string of the molecule is CSc1ccc(S(=O)(=O)Nc2cccc(C(=O)c3ccc(C(C)(C)C)cc3)c2)cc1. The molecule has 0 aliphatic carbocycles. The van der Waals surface area contributed by atoms with E-state index in [1.54, 1.807) is 60.3 Å². The maximum Gasteiger partial charge on any atom is 0.261 e. The Labute approximate surface area is 182 Å². The van der Waals surface area contributed by atoms with Crippen molar-refractivity contribution >= 4 is 33.3 Å². The zero-order valence-electron chi connectivity index (χ0n) is 17.5. The third-order valence-electron chi connectivity index (χ3n) is 4.76. The highest BCUT2D eigenvalue weighted by Crippen LogP contribution is 2.24. The van der Waals surface area contributed by atoms with Crippen molar-refractivity contribution in [3.05, 3.63) is 89.5 Å². The molecule has 4 nitrogen and oxygen atoms in total. The van der Waals surface area contributed by atoms with E-state index in [0.717, 1.165) is 10.5 Å². The minimum atomic E-state index is -3.74. The first-order chi connectivity index (χ1) is 14.1. The van der Waals surface area contributed by atoms with Crippen molar-refractivity contribution in [2.24, 2.45) is 0 Å². The summed E-state index contributed by atoms with van der Waals surface area (Å²) < 4.78 is 27.9. The predicted molar refractivity (Wildman–Crippen MR) is 124 cm³/mol. The number of nitrogens with one attached hydrogen (secondary N) is 1. The van der Waals surface area contributed by atoms with Crippen LogP contribution in [-0.2, 0) is 15.4 Å². The van der Waals surface area contributed by atoms with E-state index in [0.29, 0.717) is 16.8 Å². The highest BCUT2D eigenvalue weighted by molar-refractivity contribution is 7.98. The fourth-order valence-corrected chi connectivity index (χ4v) is 4.44. The van der Waals surface area contributed by atoms with Crippen LogP contribution in [0.25, 0.3) is 0 Å². The minimum Gasteiger partial charge on any atom is -0.289 e. The van der Waals surface area contributed by atoms with Crippen LogP contribution >= 0.6 is 11.8 Å². The van der Waals surface area contributed by atoms with E-state index in [-0.39, 0.29) is 16.1 Å². The van der Waals surface area contributed by atoms with Gasteiger partial charge in [0.25, 0.3) is 10.0 Å². The summed E-state index contributed by atoms with van der Waals surface area (Å²) in [5, 5.41) is 0. The molecule has 0 aromatic heterocycles. The van der Waals surface area contributed by atoms with Gasteiger partial charge in [-0.05, 0) is 53.6 Å². The summed E-state index contributed by atoms with van der Waals surface area (Å²) in [6, 6.07) is 20.8. The molecule has 0 radical (unpaired) electrons. The standard InChI is InChI=1S/C24H25NO3S2/c1-24(2,3)19-10-8-17(9-11-19)23(26)18-6-5-7-20(16-18)25-30(27,28)22-14-12-21(29-4)13-15-22/h5-16,25H,1-4H3. The van der Waals surface area contributed by atoms with Crippen molar-refractivity contribution in [3.8, 4) is 0 Å². The molecule has 3 aromatic carbocycles. The second-order valence-corrected chi connectivity index (χ2v) is 10.6. The summed E-state index contributed by atoms with van der Waals surface area (Å²) in [4.78, 5) is 14.0. The van der Waals surface area contributed by atoms with Gasteiger partial charge in [-0.3, -0.25) is 9.52 Å². The lowest BCUT2D eigenvalue weighted by Crippen LogP contribution is -2.13. The lowest BCUT2D eigenvalue weighted by molar-refractivity contribution is 0.103. The first-order valence-corrected chi connectivity index (χ1v) is 12.2. The number of ketones is 1. The lowest BCUT2D eigenvalue weighted by atomic mass is 9.86. The molecule has 0 saturated carbocycles. The maximum atomic E-state index is 12.9. The van der Waals surface area contributed by atoms with Crippen LogP contribution in [0.15, 0.2) is 82.6 Å². The van der Waals surface area contributed by atoms with Crippen molar-refractivity contribution in [2.45, 2.75) is 36.0 Å². The highest BCUT2D eigenvalue weighted by Gasteiger charge is 2.17. The van der Waals surface area contributed by atoms with Crippen molar-refractivity contribution in [2.75, 3.05) is 11.0 Å². The van der Waals surface area contributed by atoms with E-state index in [1.807, 2.05) is 30.5 Å². The molecular formula is C24H25NO3S2. The average Bonchev–Trinajstić information content (AvgIpc) is 2.72. The normalized spacial score (nSPS) is 11.9. The molecule has 0 fully saturated rings. The minimum absolute atomic E-state index is 0.00773. The van der Waals surface area contributed by atoms with Crippen LogP contribution in [0.2, 0.25) is 0 Å². The molecule has 6 heteroatoms. The number of anilines is 1. The molecule has 0 spiro atoms. The molecule has 30 heavy (non-hydrogen) atoms. The summed E-state index contributed by atoms with van der Waals surface area (Å²) in [5.41, 5.74) is 2.50. The van der Waals surface area contributed by atoms with Gasteiger partial charge in [0.15, 0.2) is 5.78 Å². The smallest absolute Gasteiger partial charge is 0.261 e. The number of carbonyl (C=O) groups excluding carboxylic acids is 1. The molecule has 0 aliphatic rings. The number of sulfonamides is 1. The van der Waals surface area contributed by atoms with Gasteiger partial charge in [0, 0.05) is 21.7 Å². The first kappa shape index (κ1) is 22.1. The molecule has 0 aliphatic heterocycles. The van der Waals surface area contributed by atoms with Gasteiger partial charge in [0.1, 0.15) is 0 Å². The molecule has 3 aromatic rings. The Kier molecular flexibility index (Phi) is 6.38. The number of carbonyl (C=O) groups is 1. The van der Waals surface area contributed by atoms with Crippen LogP contribution in [0.5, 0.6) is 0 Å². The van der Waals surface area contributed by atoms with Crippen molar-refractivity contribution in [1.29, 1.82) is 0 Å². The molecule has 0 atom stereocenters. The number of hydrogen-bond acceptors (Lipinski definition) is 4. The van der Waals surface area contributed by atoms with E-state index in [1.165, 1.54) is 0 Å². The number of thioether (sulfide) groups is 1. The monoisotopic (exact) mass is 439 g/mol. The van der Waals surface area contributed by atoms with Crippen LogP contribution in [0, 0.1) is 0 Å². The number of hydrogen-bond donors (Lipinski definition) is 1. The molecule has 3 rings (SSSR count). The Morgan fingerprint density at radius 3 is 2.07 bits per heavy atom. The van der Waals surface area contributed by atoms with Crippen molar-refractivity contribution in [3.63, 3.8) is 0 Å². The van der Waals surface area contributed by atoms with Crippen LogP contribution < -0.4 is 4.72 Å². The summed E-state index contributed by atoms with van der Waals surface area (Å²) in [7, 11) is -3.74. The molecule has 0 heterocycles. The summed E-state index contributed by atoms with van der Waals surface area (Å²) >= 11 is 1.54. The Morgan fingerprint density at radius 1 is 0.867 bits per heavy atom. The van der Waals surface area contributed by atoms with Gasteiger partial charge in [-0.1, -0.05) is 57.2 Å². The van der Waals surface area contributed by atoms with E-state index in [2.05, 4.69) is 25.5 Å². The number of benzene rings is 3. The fraction of sp³-hybridized carbons (Fsp3) is 0.208. The lowest BCUT2D eigenvalue weighted by Gasteiger charge is -2.19. The summed E-state index contributed by atoms with van der Waals surface area (Å²) in [5.74, 6) is -0.152. The van der Waals surface area contributed by atoms with Gasteiger partial charge < -0.3 is 0 Å². The van der Waals surface area contributed by atoms with Crippen LogP contribution in [-0.4, -0.2) is 20.5 Å². The summed E-state index contributed by atoms with van der Waals surface area (Å²) in [6.07, 6.45) is 1.93. The molecular weight excluding hydrogens is 414 g/mol.